The summed E-state index contributed by atoms with van der Waals surface area (Å²) in [6.45, 7) is 0.387. The van der Waals surface area contributed by atoms with Crippen LogP contribution < -0.4 is 10.1 Å². The molecule has 100 valence electrons. The van der Waals surface area contributed by atoms with E-state index < -0.39 is 11.4 Å². The maximum Gasteiger partial charge on any atom is 0.319 e. The molecule has 5 nitrogen and oxygen atoms in total. The molecule has 3 rings (SSSR count). The van der Waals surface area contributed by atoms with Gasteiger partial charge in [0.05, 0.1) is 6.04 Å². The zero-order chi connectivity index (χ0) is 13.5. The summed E-state index contributed by atoms with van der Waals surface area (Å²) in [6.07, 6.45) is 1.54. The van der Waals surface area contributed by atoms with Crippen molar-refractivity contribution in [3.05, 3.63) is 29.8 Å². The lowest BCUT2D eigenvalue weighted by Gasteiger charge is -2.27. The van der Waals surface area contributed by atoms with Crippen LogP contribution in [-0.4, -0.2) is 29.6 Å². The highest BCUT2D eigenvalue weighted by molar-refractivity contribution is 6.04. The van der Waals surface area contributed by atoms with Crippen molar-refractivity contribution in [2.75, 3.05) is 6.61 Å². The monoisotopic (exact) mass is 261 g/mol. The molecule has 1 atom stereocenters. The number of ether oxygens (including phenoxy) is 1. The summed E-state index contributed by atoms with van der Waals surface area (Å²) >= 11 is 0. The largest absolute Gasteiger partial charge is 0.491 e. The van der Waals surface area contributed by atoms with Crippen molar-refractivity contribution >= 4 is 11.9 Å². The number of amides is 1. The third-order valence-electron chi connectivity index (χ3n) is 3.81. The molecule has 5 heteroatoms. The normalized spacial score (nSPS) is 22.8. The highest BCUT2D eigenvalue weighted by Crippen LogP contribution is 2.46. The average Bonchev–Trinajstić information content (AvgIpc) is 3.20. The van der Waals surface area contributed by atoms with Crippen LogP contribution in [0, 0.1) is 5.41 Å². The van der Waals surface area contributed by atoms with Gasteiger partial charge in [-0.1, -0.05) is 18.2 Å². The molecule has 0 spiro atoms. The Morgan fingerprint density at radius 2 is 2.05 bits per heavy atom. The van der Waals surface area contributed by atoms with Crippen LogP contribution in [0.2, 0.25) is 0 Å². The molecule has 19 heavy (non-hydrogen) atoms. The van der Waals surface area contributed by atoms with Crippen LogP contribution in [-0.2, 0) is 16.0 Å². The van der Waals surface area contributed by atoms with Crippen LogP contribution >= 0.6 is 0 Å². The van der Waals surface area contributed by atoms with Gasteiger partial charge in [-0.2, -0.15) is 0 Å². The third-order valence-corrected chi connectivity index (χ3v) is 3.81. The van der Waals surface area contributed by atoms with E-state index in [1.165, 1.54) is 0 Å². The number of carbonyl (C=O) groups is 2. The van der Waals surface area contributed by atoms with Gasteiger partial charge in [0.15, 0.2) is 0 Å². The molecule has 1 heterocycles. The minimum absolute atomic E-state index is 0.153. The van der Waals surface area contributed by atoms with E-state index in [1.54, 1.807) is 0 Å². The molecule has 0 radical (unpaired) electrons. The summed E-state index contributed by atoms with van der Waals surface area (Å²) in [6, 6.07) is 7.53. The number of carbonyl (C=O) groups excluding carboxylic acids is 1. The van der Waals surface area contributed by atoms with Gasteiger partial charge in [0.2, 0.25) is 5.91 Å². The van der Waals surface area contributed by atoms with E-state index in [0.717, 1.165) is 11.3 Å². The van der Waals surface area contributed by atoms with Gasteiger partial charge in [0.1, 0.15) is 17.8 Å². The van der Waals surface area contributed by atoms with Gasteiger partial charge in [-0.05, 0) is 30.9 Å². The number of carboxylic acids is 1. The number of hydrogen-bond donors (Lipinski definition) is 2. The van der Waals surface area contributed by atoms with E-state index in [2.05, 4.69) is 5.32 Å². The number of para-hydroxylation sites is 1. The molecular weight excluding hydrogens is 246 g/mol. The van der Waals surface area contributed by atoms with Gasteiger partial charge < -0.3 is 15.2 Å². The molecule has 2 aliphatic rings. The zero-order valence-corrected chi connectivity index (χ0v) is 10.4. The fourth-order valence-corrected chi connectivity index (χ4v) is 2.41. The smallest absolute Gasteiger partial charge is 0.319 e. The van der Waals surface area contributed by atoms with E-state index in [-0.39, 0.29) is 11.9 Å². The van der Waals surface area contributed by atoms with Crippen molar-refractivity contribution in [2.45, 2.75) is 25.3 Å². The molecular formula is C14H15NO4. The van der Waals surface area contributed by atoms with Crippen molar-refractivity contribution in [1.82, 2.24) is 5.32 Å². The van der Waals surface area contributed by atoms with Crippen LogP contribution in [0.1, 0.15) is 18.4 Å². The van der Waals surface area contributed by atoms with Gasteiger partial charge in [-0.15, -0.1) is 0 Å². The summed E-state index contributed by atoms with van der Waals surface area (Å²) in [4.78, 5) is 23.1. The first-order valence-electron chi connectivity index (χ1n) is 6.37. The lowest BCUT2D eigenvalue weighted by atomic mass is 10.0. The summed E-state index contributed by atoms with van der Waals surface area (Å²) in [7, 11) is 0. The van der Waals surface area contributed by atoms with Crippen molar-refractivity contribution in [1.29, 1.82) is 0 Å². The molecule has 1 fully saturated rings. The second-order valence-corrected chi connectivity index (χ2v) is 5.18. The first-order valence-corrected chi connectivity index (χ1v) is 6.37. The van der Waals surface area contributed by atoms with Crippen LogP contribution in [0.25, 0.3) is 0 Å². The van der Waals surface area contributed by atoms with Crippen LogP contribution in [0.3, 0.4) is 0 Å². The van der Waals surface area contributed by atoms with Crippen molar-refractivity contribution < 1.29 is 19.4 Å². The second kappa shape index (κ2) is 4.26. The Balaban J connectivity index is 1.67. The Morgan fingerprint density at radius 3 is 2.74 bits per heavy atom. The van der Waals surface area contributed by atoms with E-state index in [0.29, 0.717) is 25.9 Å². The molecule has 1 aromatic rings. The van der Waals surface area contributed by atoms with E-state index >= 15 is 0 Å². The summed E-state index contributed by atoms with van der Waals surface area (Å²) < 4.78 is 5.57. The molecule has 1 saturated carbocycles. The van der Waals surface area contributed by atoms with Gasteiger partial charge in [-0.3, -0.25) is 9.59 Å². The molecule has 1 aliphatic heterocycles. The number of nitrogens with one attached hydrogen (secondary N) is 1. The topological polar surface area (TPSA) is 75.6 Å². The summed E-state index contributed by atoms with van der Waals surface area (Å²) in [5.41, 5.74) is -0.143. The average molecular weight is 261 g/mol. The maximum absolute atomic E-state index is 12.0. The number of fused-ring (bicyclic) bond motifs is 1. The quantitative estimate of drug-likeness (QED) is 0.795. The predicted octanol–water partition coefficient (Wildman–Crippen LogP) is 0.971. The van der Waals surface area contributed by atoms with Gasteiger partial charge >= 0.3 is 5.97 Å². The van der Waals surface area contributed by atoms with Crippen molar-refractivity contribution in [3.63, 3.8) is 0 Å². The lowest BCUT2D eigenvalue weighted by Crippen LogP contribution is -2.47. The van der Waals surface area contributed by atoms with Crippen molar-refractivity contribution in [3.8, 4) is 5.75 Å². The molecule has 0 unspecified atom stereocenters. The molecule has 1 amide bonds. The van der Waals surface area contributed by atoms with Crippen LogP contribution in [0.5, 0.6) is 5.75 Å². The predicted molar refractivity (Wildman–Crippen MR) is 66.9 cm³/mol. The minimum atomic E-state index is -1.18. The molecule has 1 aromatic carbocycles. The van der Waals surface area contributed by atoms with E-state index in [9.17, 15) is 9.59 Å². The number of carboxylic acid groups (broad SMARTS) is 1. The van der Waals surface area contributed by atoms with Gasteiger partial charge in [-0.25, -0.2) is 0 Å². The van der Waals surface area contributed by atoms with Crippen LogP contribution in [0.15, 0.2) is 24.3 Å². The number of benzene rings is 1. The van der Waals surface area contributed by atoms with E-state index in [4.69, 9.17) is 9.84 Å². The Hall–Kier alpha value is -2.04. The maximum atomic E-state index is 12.0. The third kappa shape index (κ3) is 2.05. The second-order valence-electron chi connectivity index (χ2n) is 5.18. The first-order chi connectivity index (χ1) is 9.12. The summed E-state index contributed by atoms with van der Waals surface area (Å²) in [5.74, 6) is -0.567. The fraction of sp³-hybridized carbons (Fsp3) is 0.429. The van der Waals surface area contributed by atoms with Gasteiger partial charge in [0.25, 0.3) is 0 Å². The number of hydrogen-bond acceptors (Lipinski definition) is 3. The Bertz CT molecular complexity index is 536. The Morgan fingerprint density at radius 1 is 1.32 bits per heavy atom. The van der Waals surface area contributed by atoms with Crippen LogP contribution in [0.4, 0.5) is 0 Å². The SMILES string of the molecule is O=C(O)C1(C(=O)N[C@@H]2COc3ccccc3C2)CC1. The Kier molecular flexibility index (Phi) is 2.69. The molecule has 2 N–H and O–H groups in total. The highest BCUT2D eigenvalue weighted by Gasteiger charge is 2.57. The number of rotatable bonds is 3. The Labute approximate surface area is 110 Å². The lowest BCUT2D eigenvalue weighted by molar-refractivity contribution is -0.149. The molecule has 0 saturated heterocycles. The number of aliphatic carboxylic acids is 1. The zero-order valence-electron chi connectivity index (χ0n) is 10.4. The minimum Gasteiger partial charge on any atom is -0.491 e. The standard InChI is InChI=1S/C14H15NO4/c16-12(14(5-6-14)13(17)18)15-10-7-9-3-1-2-4-11(9)19-8-10/h1-4,10H,5-8H2,(H,15,16)(H,17,18)/t10-/m0/s1. The highest BCUT2D eigenvalue weighted by atomic mass is 16.5. The summed E-state index contributed by atoms with van der Waals surface area (Å²) in [5, 5.41) is 11.9. The molecule has 1 aliphatic carbocycles. The van der Waals surface area contributed by atoms with Gasteiger partial charge in [0, 0.05) is 0 Å². The fourth-order valence-electron chi connectivity index (χ4n) is 2.41. The first kappa shape index (κ1) is 12.0. The van der Waals surface area contributed by atoms with Crippen molar-refractivity contribution in [2.24, 2.45) is 5.41 Å². The van der Waals surface area contributed by atoms with E-state index in [1.807, 2.05) is 24.3 Å². The molecule has 0 aromatic heterocycles. The molecule has 0 bridgehead atoms.